The Kier molecular flexibility index (Phi) is 6.24. The lowest BCUT2D eigenvalue weighted by Gasteiger charge is -2.40. The fraction of sp³-hybridized carbons (Fsp3) is 0.333. The number of nitrogens with zero attached hydrogens (tertiary/aromatic N) is 3. The van der Waals surface area contributed by atoms with Crippen molar-refractivity contribution in [2.24, 2.45) is 10.7 Å². The summed E-state index contributed by atoms with van der Waals surface area (Å²) in [5, 5.41) is 2.42. The Bertz CT molecular complexity index is 1100. The first-order chi connectivity index (χ1) is 14.7. The topological polar surface area (TPSA) is 112 Å². The Morgan fingerprint density at radius 3 is 2.59 bits per heavy atom. The lowest BCUT2D eigenvalue weighted by molar-refractivity contribution is -0.249. The first-order valence-corrected chi connectivity index (χ1v) is 9.54. The molecule has 0 aromatic carbocycles. The van der Waals surface area contributed by atoms with Crippen LogP contribution < -0.4 is 15.8 Å². The molecule has 0 saturated heterocycles. The van der Waals surface area contributed by atoms with Gasteiger partial charge in [0.25, 0.3) is 0 Å². The second kappa shape index (κ2) is 8.34. The third kappa shape index (κ3) is 4.57. The molecule has 0 spiro atoms. The Morgan fingerprint density at radius 1 is 1.31 bits per heavy atom. The van der Waals surface area contributed by atoms with Gasteiger partial charge in [0.2, 0.25) is 11.5 Å². The zero-order chi connectivity index (χ0) is 23.9. The zero-order valence-electron chi connectivity index (χ0n) is 16.4. The van der Waals surface area contributed by atoms with Crippen molar-refractivity contribution >= 4 is 40.9 Å². The summed E-state index contributed by atoms with van der Waals surface area (Å²) in [6, 6.07) is 3.35. The average Bonchev–Trinajstić information content (AvgIpc) is 2.68. The van der Waals surface area contributed by atoms with Crippen LogP contribution in [0.1, 0.15) is 19.5 Å². The van der Waals surface area contributed by atoms with Gasteiger partial charge >= 0.3 is 12.3 Å². The summed E-state index contributed by atoms with van der Waals surface area (Å²) in [7, 11) is 0. The van der Waals surface area contributed by atoms with Crippen molar-refractivity contribution in [1.82, 2.24) is 9.97 Å². The number of halogens is 6. The summed E-state index contributed by atoms with van der Waals surface area (Å²) in [6.45, 7) is 1.34. The number of aliphatic imine (C=N–C) groups is 1. The minimum atomic E-state index is -4.84. The van der Waals surface area contributed by atoms with Crippen molar-refractivity contribution < 1.29 is 31.8 Å². The van der Waals surface area contributed by atoms with E-state index in [1.165, 1.54) is 19.2 Å². The minimum absolute atomic E-state index is 0.0372. The van der Waals surface area contributed by atoms with Crippen molar-refractivity contribution in [3.8, 4) is 5.88 Å². The maximum absolute atomic E-state index is 14.5. The van der Waals surface area contributed by atoms with Crippen LogP contribution in [-0.2, 0) is 10.3 Å². The van der Waals surface area contributed by atoms with Crippen LogP contribution in [0.25, 0.3) is 0 Å². The maximum Gasteiger partial charge on any atom is 0.424 e. The third-order valence-electron chi connectivity index (χ3n) is 4.59. The third-order valence-corrected chi connectivity index (χ3v) is 5.07. The van der Waals surface area contributed by atoms with Crippen LogP contribution in [0.15, 0.2) is 29.4 Å². The molecule has 3 N–H and O–H groups in total. The Hall–Kier alpha value is -2.70. The number of amidine groups is 1. The molecule has 8 nitrogen and oxygen atoms in total. The number of hydrogen-bond donors (Lipinski definition) is 2. The van der Waals surface area contributed by atoms with Crippen LogP contribution >= 0.6 is 23.2 Å². The number of amides is 1. The van der Waals surface area contributed by atoms with Crippen LogP contribution in [0, 0.1) is 5.82 Å². The highest BCUT2D eigenvalue weighted by molar-refractivity contribution is 6.35. The summed E-state index contributed by atoms with van der Waals surface area (Å²) < 4.78 is 64.3. The molecule has 3 heterocycles. The molecule has 1 aliphatic rings. The van der Waals surface area contributed by atoms with Gasteiger partial charge in [-0.25, -0.2) is 19.2 Å². The van der Waals surface area contributed by atoms with E-state index in [2.05, 4.69) is 20.3 Å². The molecule has 0 aliphatic carbocycles. The summed E-state index contributed by atoms with van der Waals surface area (Å²) in [6.07, 6.45) is -4.70. The smallest absolute Gasteiger partial charge is 0.389 e. The van der Waals surface area contributed by atoms with Gasteiger partial charge in [0.1, 0.15) is 33.7 Å². The molecule has 2 aromatic heterocycles. The number of carbonyl (C=O) groups excluding carboxylic acids is 1. The zero-order valence-corrected chi connectivity index (χ0v) is 17.9. The van der Waals surface area contributed by atoms with Crippen LogP contribution in [0.2, 0.25) is 10.0 Å². The number of carbonyl (C=O) groups is 1. The quantitative estimate of drug-likeness (QED) is 0.608. The molecule has 0 radical (unpaired) electrons. The number of ether oxygens (including phenoxy) is 2. The van der Waals surface area contributed by atoms with E-state index in [-0.39, 0.29) is 21.7 Å². The van der Waals surface area contributed by atoms with Crippen LogP contribution in [0.5, 0.6) is 5.88 Å². The standard InChI is InChI=1S/C18H15Cl2F4N5O3/c1-16(7-31-17(2,14(25)29-16)18(22,23)24)12-10(21)3-4-11(27-12)28-15(30)32-13-9(20)5-8(19)6-26-13/h3-6H,7H2,1-2H3,(H2,25,29)(H,27,28,30). The Balaban J connectivity index is 1.85. The van der Waals surface area contributed by atoms with Crippen LogP contribution in [-0.4, -0.2) is 40.3 Å². The predicted molar refractivity (Wildman–Crippen MR) is 107 cm³/mol. The van der Waals surface area contributed by atoms with E-state index in [0.29, 0.717) is 0 Å². The number of nitrogens with two attached hydrogens (primary N) is 1. The van der Waals surface area contributed by atoms with Gasteiger partial charge in [0, 0.05) is 6.20 Å². The highest BCUT2D eigenvalue weighted by atomic mass is 35.5. The summed E-state index contributed by atoms with van der Waals surface area (Å²) in [5.74, 6) is -2.21. The number of nitrogens with one attached hydrogen (secondary N) is 1. The molecule has 2 unspecified atom stereocenters. The van der Waals surface area contributed by atoms with Crippen molar-refractivity contribution in [3.05, 3.63) is 46.0 Å². The van der Waals surface area contributed by atoms with E-state index >= 15 is 0 Å². The SMILES string of the molecule is CC1(c2nc(NC(=O)Oc3ncc(Cl)cc3Cl)ccc2F)COC(C)(C(F)(F)F)C(N)=N1. The number of pyridine rings is 2. The molecule has 172 valence electrons. The Morgan fingerprint density at radius 2 is 2.00 bits per heavy atom. The van der Waals surface area contributed by atoms with E-state index in [0.717, 1.165) is 19.1 Å². The number of anilines is 1. The van der Waals surface area contributed by atoms with Gasteiger partial charge < -0.3 is 15.2 Å². The van der Waals surface area contributed by atoms with Crippen molar-refractivity contribution in [2.75, 3.05) is 11.9 Å². The molecular formula is C18H15Cl2F4N5O3. The first kappa shape index (κ1) is 24.0. The normalized spacial score (nSPS) is 23.4. The van der Waals surface area contributed by atoms with Crippen LogP contribution in [0.4, 0.5) is 28.2 Å². The number of alkyl halides is 3. The van der Waals surface area contributed by atoms with Crippen molar-refractivity contribution in [1.29, 1.82) is 0 Å². The number of rotatable bonds is 3. The lowest BCUT2D eigenvalue weighted by atomic mass is 9.93. The summed E-state index contributed by atoms with van der Waals surface area (Å²) in [4.78, 5) is 23.7. The summed E-state index contributed by atoms with van der Waals surface area (Å²) >= 11 is 11.6. The van der Waals surface area contributed by atoms with Crippen LogP contribution in [0.3, 0.4) is 0 Å². The summed E-state index contributed by atoms with van der Waals surface area (Å²) in [5.41, 5.74) is 0.611. The number of hydrogen-bond acceptors (Lipinski definition) is 7. The molecule has 2 atom stereocenters. The monoisotopic (exact) mass is 495 g/mol. The van der Waals surface area contributed by atoms with Gasteiger partial charge in [-0.1, -0.05) is 23.2 Å². The van der Waals surface area contributed by atoms with E-state index < -0.39 is 47.4 Å². The first-order valence-electron chi connectivity index (χ1n) is 8.78. The van der Waals surface area contributed by atoms with Crippen molar-refractivity contribution in [3.63, 3.8) is 0 Å². The van der Waals surface area contributed by atoms with Gasteiger partial charge in [-0.15, -0.1) is 0 Å². The van der Waals surface area contributed by atoms with E-state index in [4.69, 9.17) is 38.4 Å². The highest BCUT2D eigenvalue weighted by Gasteiger charge is 2.59. The van der Waals surface area contributed by atoms with Gasteiger partial charge in [0.05, 0.1) is 11.6 Å². The second-order valence-corrected chi connectivity index (χ2v) is 7.92. The molecule has 0 bridgehead atoms. The highest BCUT2D eigenvalue weighted by Crippen LogP contribution is 2.41. The second-order valence-electron chi connectivity index (χ2n) is 7.07. The van der Waals surface area contributed by atoms with Crippen molar-refractivity contribution in [2.45, 2.75) is 31.2 Å². The van der Waals surface area contributed by atoms with E-state index in [9.17, 15) is 22.4 Å². The average molecular weight is 496 g/mol. The molecule has 3 rings (SSSR count). The van der Waals surface area contributed by atoms with E-state index in [1.54, 1.807) is 0 Å². The minimum Gasteiger partial charge on any atom is -0.389 e. The molecule has 2 aromatic rings. The fourth-order valence-electron chi connectivity index (χ4n) is 2.70. The molecule has 1 aliphatic heterocycles. The van der Waals surface area contributed by atoms with E-state index in [1.807, 2.05) is 0 Å². The largest absolute Gasteiger partial charge is 0.424 e. The molecule has 0 saturated carbocycles. The number of aromatic nitrogens is 2. The van der Waals surface area contributed by atoms with Gasteiger partial charge in [-0.05, 0) is 32.0 Å². The molecular weight excluding hydrogens is 481 g/mol. The maximum atomic E-state index is 14.5. The predicted octanol–water partition coefficient (Wildman–Crippen LogP) is 4.46. The lowest BCUT2D eigenvalue weighted by Crippen LogP contribution is -2.60. The van der Waals surface area contributed by atoms with Gasteiger partial charge in [-0.2, -0.15) is 13.2 Å². The van der Waals surface area contributed by atoms with Gasteiger partial charge in [0.15, 0.2) is 0 Å². The molecule has 32 heavy (non-hydrogen) atoms. The molecule has 14 heteroatoms. The molecule has 1 amide bonds. The van der Waals surface area contributed by atoms with Gasteiger partial charge in [-0.3, -0.25) is 10.3 Å². The molecule has 0 fully saturated rings. The Labute approximate surface area is 188 Å². The fourth-order valence-corrected chi connectivity index (χ4v) is 3.12.